The molecule has 1 aromatic carbocycles. The first kappa shape index (κ1) is 15.5. The van der Waals surface area contributed by atoms with Crippen LogP contribution in [0.15, 0.2) is 41.0 Å². The Morgan fingerprint density at radius 1 is 1.38 bits per heavy atom. The van der Waals surface area contributed by atoms with E-state index in [0.29, 0.717) is 10.2 Å². The zero-order valence-corrected chi connectivity index (χ0v) is 13.8. The maximum Gasteiger partial charge on any atom is 0.271 e. The molecule has 2 aromatic rings. The topological polar surface area (TPSA) is 51.2 Å². The van der Waals surface area contributed by atoms with Crippen LogP contribution in [-0.4, -0.2) is 18.0 Å². The maximum atomic E-state index is 12.3. The molecule has 1 unspecified atom stereocenters. The number of nitrogens with one attached hydrogen (secondary N) is 1. The fourth-order valence-corrected chi connectivity index (χ4v) is 2.52. The van der Waals surface area contributed by atoms with Gasteiger partial charge in [0.1, 0.15) is 11.4 Å². The molecule has 21 heavy (non-hydrogen) atoms. The first-order valence-corrected chi connectivity index (χ1v) is 7.38. The van der Waals surface area contributed by atoms with E-state index >= 15 is 0 Å². The van der Waals surface area contributed by atoms with Gasteiger partial charge in [-0.2, -0.15) is 0 Å². The molecule has 0 bridgehead atoms. The van der Waals surface area contributed by atoms with Gasteiger partial charge >= 0.3 is 0 Å². The van der Waals surface area contributed by atoms with Crippen molar-refractivity contribution in [2.45, 2.75) is 19.9 Å². The van der Waals surface area contributed by atoms with Crippen LogP contribution in [0.1, 0.15) is 34.6 Å². The maximum absolute atomic E-state index is 12.3. The largest absolute Gasteiger partial charge is 0.496 e. The number of nitrogens with zero attached hydrogens (tertiary/aromatic N) is 1. The number of carbonyl (C=O) groups excluding carboxylic acids is 1. The summed E-state index contributed by atoms with van der Waals surface area (Å²) >= 11 is 3.33. The molecule has 1 aromatic heterocycles. The van der Waals surface area contributed by atoms with Crippen LogP contribution < -0.4 is 10.1 Å². The predicted octanol–water partition coefficient (Wildman–Crippen LogP) is 3.65. The lowest BCUT2D eigenvalue weighted by Crippen LogP contribution is -2.28. The Bertz CT molecular complexity index is 658. The Morgan fingerprint density at radius 2 is 2.14 bits per heavy atom. The summed E-state index contributed by atoms with van der Waals surface area (Å²) in [5.74, 6) is 0.534. The van der Waals surface area contributed by atoms with E-state index in [1.807, 2.05) is 32.0 Å². The molecule has 1 atom stereocenters. The SMILES string of the molecule is COc1ccc(C)cc1C(C)NC(=O)c1ncccc1Br. The van der Waals surface area contributed by atoms with Crippen molar-refractivity contribution in [3.8, 4) is 5.75 Å². The third-order valence-corrected chi connectivity index (χ3v) is 3.81. The van der Waals surface area contributed by atoms with E-state index in [1.165, 1.54) is 0 Å². The molecule has 0 saturated heterocycles. The summed E-state index contributed by atoms with van der Waals surface area (Å²) in [6.45, 7) is 3.93. The molecule has 0 fully saturated rings. The molecular formula is C16H17BrN2O2. The van der Waals surface area contributed by atoms with Gasteiger partial charge in [-0.15, -0.1) is 0 Å². The number of ether oxygens (including phenoxy) is 1. The molecule has 1 heterocycles. The Morgan fingerprint density at radius 3 is 2.81 bits per heavy atom. The van der Waals surface area contributed by atoms with Crippen LogP contribution in [-0.2, 0) is 0 Å². The van der Waals surface area contributed by atoms with Crippen molar-refractivity contribution in [2.24, 2.45) is 0 Å². The number of benzene rings is 1. The minimum absolute atomic E-state index is 0.179. The number of rotatable bonds is 4. The quantitative estimate of drug-likeness (QED) is 0.917. The van der Waals surface area contributed by atoms with Gasteiger partial charge in [-0.05, 0) is 48.0 Å². The number of amides is 1. The summed E-state index contributed by atoms with van der Waals surface area (Å²) in [5, 5.41) is 2.94. The highest BCUT2D eigenvalue weighted by molar-refractivity contribution is 9.10. The molecule has 4 nitrogen and oxygen atoms in total. The van der Waals surface area contributed by atoms with Crippen molar-refractivity contribution >= 4 is 21.8 Å². The lowest BCUT2D eigenvalue weighted by Gasteiger charge is -2.18. The minimum atomic E-state index is -0.224. The number of carbonyl (C=O) groups is 1. The zero-order chi connectivity index (χ0) is 15.4. The summed E-state index contributed by atoms with van der Waals surface area (Å²) in [6, 6.07) is 9.28. The van der Waals surface area contributed by atoms with Gasteiger partial charge < -0.3 is 10.1 Å². The number of methoxy groups -OCH3 is 1. The average molecular weight is 349 g/mol. The van der Waals surface area contributed by atoms with Crippen LogP contribution in [0.3, 0.4) is 0 Å². The first-order chi connectivity index (χ1) is 10.0. The van der Waals surface area contributed by atoms with Gasteiger partial charge in [-0.1, -0.05) is 17.7 Å². The van der Waals surface area contributed by atoms with Gasteiger partial charge in [0, 0.05) is 16.2 Å². The first-order valence-electron chi connectivity index (χ1n) is 6.59. The molecule has 2 rings (SSSR count). The van der Waals surface area contributed by atoms with E-state index in [1.54, 1.807) is 25.4 Å². The highest BCUT2D eigenvalue weighted by atomic mass is 79.9. The van der Waals surface area contributed by atoms with Crippen molar-refractivity contribution in [1.29, 1.82) is 0 Å². The van der Waals surface area contributed by atoms with Gasteiger partial charge in [-0.25, -0.2) is 4.98 Å². The molecule has 0 aliphatic heterocycles. The standard InChI is InChI=1S/C16H17BrN2O2/c1-10-6-7-14(21-3)12(9-10)11(2)19-16(20)15-13(17)5-4-8-18-15/h4-9,11H,1-3H3,(H,19,20). The summed E-state index contributed by atoms with van der Waals surface area (Å²) in [5.41, 5.74) is 2.43. The van der Waals surface area contributed by atoms with Crippen molar-refractivity contribution < 1.29 is 9.53 Å². The highest BCUT2D eigenvalue weighted by Gasteiger charge is 2.17. The van der Waals surface area contributed by atoms with E-state index in [2.05, 4.69) is 26.2 Å². The minimum Gasteiger partial charge on any atom is -0.496 e. The zero-order valence-electron chi connectivity index (χ0n) is 12.2. The third-order valence-electron chi connectivity index (χ3n) is 3.17. The molecular weight excluding hydrogens is 332 g/mol. The lowest BCUT2D eigenvalue weighted by atomic mass is 10.0. The Kier molecular flexibility index (Phi) is 4.96. The number of aromatic nitrogens is 1. The van der Waals surface area contributed by atoms with Crippen LogP contribution in [0.5, 0.6) is 5.75 Å². The van der Waals surface area contributed by atoms with Crippen LogP contribution in [0.4, 0.5) is 0 Å². The van der Waals surface area contributed by atoms with Gasteiger partial charge in [0.15, 0.2) is 0 Å². The van der Waals surface area contributed by atoms with Crippen molar-refractivity contribution in [1.82, 2.24) is 10.3 Å². The number of aryl methyl sites for hydroxylation is 1. The smallest absolute Gasteiger partial charge is 0.271 e. The molecule has 0 aliphatic rings. The second-order valence-electron chi connectivity index (χ2n) is 4.77. The summed E-state index contributed by atoms with van der Waals surface area (Å²) < 4.78 is 6.03. The Hall–Kier alpha value is -1.88. The van der Waals surface area contributed by atoms with Crippen LogP contribution in [0.25, 0.3) is 0 Å². The van der Waals surface area contributed by atoms with E-state index in [0.717, 1.165) is 16.9 Å². The van der Waals surface area contributed by atoms with Gasteiger partial charge in [0.05, 0.1) is 13.2 Å². The second kappa shape index (κ2) is 6.72. The van der Waals surface area contributed by atoms with E-state index in [-0.39, 0.29) is 11.9 Å². The predicted molar refractivity (Wildman–Crippen MR) is 85.5 cm³/mol. The summed E-state index contributed by atoms with van der Waals surface area (Å²) in [6.07, 6.45) is 1.59. The van der Waals surface area contributed by atoms with Crippen LogP contribution in [0, 0.1) is 6.92 Å². The number of hydrogen-bond donors (Lipinski definition) is 1. The van der Waals surface area contributed by atoms with Crippen molar-refractivity contribution in [2.75, 3.05) is 7.11 Å². The Labute approximate surface area is 132 Å². The molecule has 1 N–H and O–H groups in total. The summed E-state index contributed by atoms with van der Waals surface area (Å²) in [7, 11) is 1.62. The van der Waals surface area contributed by atoms with E-state index in [4.69, 9.17) is 4.74 Å². The van der Waals surface area contributed by atoms with Gasteiger partial charge in [0.25, 0.3) is 5.91 Å². The molecule has 5 heteroatoms. The van der Waals surface area contributed by atoms with Gasteiger partial charge in [0.2, 0.25) is 0 Å². The average Bonchev–Trinajstić information content (AvgIpc) is 2.47. The van der Waals surface area contributed by atoms with Crippen LogP contribution in [0.2, 0.25) is 0 Å². The van der Waals surface area contributed by atoms with E-state index < -0.39 is 0 Å². The van der Waals surface area contributed by atoms with E-state index in [9.17, 15) is 4.79 Å². The van der Waals surface area contributed by atoms with Crippen LogP contribution >= 0.6 is 15.9 Å². The molecule has 0 spiro atoms. The Balaban J connectivity index is 2.22. The molecule has 110 valence electrons. The molecule has 0 aliphatic carbocycles. The highest BCUT2D eigenvalue weighted by Crippen LogP contribution is 2.26. The number of pyridine rings is 1. The van der Waals surface area contributed by atoms with Crippen molar-refractivity contribution in [3.05, 3.63) is 57.8 Å². The normalized spacial score (nSPS) is 11.8. The fraction of sp³-hybridized carbons (Fsp3) is 0.250. The third kappa shape index (κ3) is 3.61. The van der Waals surface area contributed by atoms with Gasteiger partial charge in [-0.3, -0.25) is 4.79 Å². The molecule has 0 radical (unpaired) electrons. The number of halogens is 1. The second-order valence-corrected chi connectivity index (χ2v) is 5.63. The molecule has 0 saturated carbocycles. The summed E-state index contributed by atoms with van der Waals surface area (Å²) in [4.78, 5) is 16.4. The number of hydrogen-bond acceptors (Lipinski definition) is 3. The monoisotopic (exact) mass is 348 g/mol. The fourth-order valence-electron chi connectivity index (χ4n) is 2.09. The molecule has 1 amide bonds. The van der Waals surface area contributed by atoms with Crippen molar-refractivity contribution in [3.63, 3.8) is 0 Å². The lowest BCUT2D eigenvalue weighted by molar-refractivity contribution is 0.0933.